The molecule has 28 heavy (non-hydrogen) atoms. The SMILES string of the molecule is O=C(COC(=O)c1nn(-c2ccc(F)cc2)c2c1CCC2)NC1CCCCC1. The van der Waals surface area contributed by atoms with Crippen LogP contribution in [0.3, 0.4) is 0 Å². The van der Waals surface area contributed by atoms with Crippen LogP contribution in [-0.4, -0.2) is 34.3 Å². The maximum atomic E-state index is 13.2. The summed E-state index contributed by atoms with van der Waals surface area (Å²) in [5.41, 5.74) is 2.77. The van der Waals surface area contributed by atoms with Gasteiger partial charge in [-0.05, 0) is 56.4 Å². The van der Waals surface area contributed by atoms with Crippen LogP contribution in [0.25, 0.3) is 5.69 Å². The van der Waals surface area contributed by atoms with Crippen molar-refractivity contribution in [2.75, 3.05) is 6.61 Å². The maximum absolute atomic E-state index is 13.2. The van der Waals surface area contributed by atoms with E-state index >= 15 is 0 Å². The quantitative estimate of drug-likeness (QED) is 0.803. The topological polar surface area (TPSA) is 73.2 Å². The van der Waals surface area contributed by atoms with Gasteiger partial charge in [0.05, 0.1) is 5.69 Å². The Morgan fingerprint density at radius 3 is 2.61 bits per heavy atom. The predicted octanol–water partition coefficient (Wildman–Crippen LogP) is 3.11. The molecule has 0 spiro atoms. The highest BCUT2D eigenvalue weighted by Crippen LogP contribution is 2.28. The molecule has 7 heteroatoms. The summed E-state index contributed by atoms with van der Waals surface area (Å²) in [6, 6.07) is 6.18. The lowest BCUT2D eigenvalue weighted by atomic mass is 9.95. The van der Waals surface area contributed by atoms with Crippen molar-refractivity contribution in [3.8, 4) is 5.69 Å². The average molecular weight is 385 g/mol. The van der Waals surface area contributed by atoms with Crippen molar-refractivity contribution in [2.45, 2.75) is 57.4 Å². The van der Waals surface area contributed by atoms with Gasteiger partial charge in [0.25, 0.3) is 5.91 Å². The van der Waals surface area contributed by atoms with Crippen LogP contribution in [0, 0.1) is 5.82 Å². The number of ether oxygens (including phenoxy) is 1. The zero-order chi connectivity index (χ0) is 19.5. The molecule has 1 amide bonds. The molecule has 2 aliphatic carbocycles. The fourth-order valence-electron chi connectivity index (χ4n) is 4.11. The van der Waals surface area contributed by atoms with Gasteiger partial charge in [0.2, 0.25) is 0 Å². The maximum Gasteiger partial charge on any atom is 0.359 e. The van der Waals surface area contributed by atoms with Crippen molar-refractivity contribution in [3.05, 3.63) is 47.0 Å². The van der Waals surface area contributed by atoms with Gasteiger partial charge in [-0.15, -0.1) is 0 Å². The number of fused-ring (bicyclic) bond motifs is 1. The summed E-state index contributed by atoms with van der Waals surface area (Å²) >= 11 is 0. The number of carbonyl (C=O) groups excluding carboxylic acids is 2. The second-order valence-electron chi connectivity index (χ2n) is 7.49. The van der Waals surface area contributed by atoms with Gasteiger partial charge in [-0.3, -0.25) is 4.79 Å². The van der Waals surface area contributed by atoms with Crippen molar-refractivity contribution in [1.82, 2.24) is 15.1 Å². The van der Waals surface area contributed by atoms with Crippen LogP contribution in [0.1, 0.15) is 60.3 Å². The smallest absolute Gasteiger partial charge is 0.359 e. The van der Waals surface area contributed by atoms with Gasteiger partial charge in [-0.2, -0.15) is 5.10 Å². The minimum atomic E-state index is -0.585. The predicted molar refractivity (Wildman–Crippen MR) is 101 cm³/mol. The number of benzene rings is 1. The van der Waals surface area contributed by atoms with Crippen molar-refractivity contribution in [2.24, 2.45) is 0 Å². The highest BCUT2D eigenvalue weighted by molar-refractivity contribution is 5.91. The molecule has 6 nitrogen and oxygen atoms in total. The van der Waals surface area contributed by atoms with Gasteiger partial charge in [-0.25, -0.2) is 13.9 Å². The van der Waals surface area contributed by atoms with Gasteiger partial charge in [-0.1, -0.05) is 19.3 Å². The molecule has 4 rings (SSSR count). The molecule has 0 unspecified atom stereocenters. The Kier molecular flexibility index (Phi) is 5.41. The number of rotatable bonds is 5. The van der Waals surface area contributed by atoms with Crippen molar-refractivity contribution in [3.63, 3.8) is 0 Å². The minimum absolute atomic E-state index is 0.182. The van der Waals surface area contributed by atoms with Crippen molar-refractivity contribution in [1.29, 1.82) is 0 Å². The lowest BCUT2D eigenvalue weighted by Gasteiger charge is -2.22. The molecule has 1 heterocycles. The first-order chi connectivity index (χ1) is 13.6. The van der Waals surface area contributed by atoms with E-state index < -0.39 is 5.97 Å². The lowest BCUT2D eigenvalue weighted by molar-refractivity contribution is -0.125. The van der Waals surface area contributed by atoms with E-state index in [4.69, 9.17) is 4.74 Å². The molecular weight excluding hydrogens is 361 g/mol. The zero-order valence-corrected chi connectivity index (χ0v) is 15.7. The van der Waals surface area contributed by atoms with Crippen molar-refractivity contribution < 1.29 is 18.7 Å². The monoisotopic (exact) mass is 385 g/mol. The molecular formula is C21H24FN3O3. The third kappa shape index (κ3) is 3.93. The summed E-state index contributed by atoms with van der Waals surface area (Å²) in [6.07, 6.45) is 7.89. The number of nitrogens with zero attached hydrogens (tertiary/aromatic N) is 2. The third-order valence-electron chi connectivity index (χ3n) is 5.50. The Labute approximate surface area is 163 Å². The Balaban J connectivity index is 1.43. The first-order valence-corrected chi connectivity index (χ1v) is 9.95. The van der Waals surface area contributed by atoms with E-state index in [-0.39, 0.29) is 30.1 Å². The molecule has 0 bridgehead atoms. The summed E-state index contributed by atoms with van der Waals surface area (Å²) < 4.78 is 20.1. The van der Waals surface area contributed by atoms with E-state index in [1.54, 1.807) is 16.8 Å². The molecule has 1 fully saturated rings. The number of amides is 1. The summed E-state index contributed by atoms with van der Waals surface area (Å²) in [6.45, 7) is -0.298. The third-order valence-corrected chi connectivity index (χ3v) is 5.50. The Morgan fingerprint density at radius 2 is 1.86 bits per heavy atom. The van der Waals surface area contributed by atoms with Gasteiger partial charge >= 0.3 is 5.97 Å². The number of halogens is 1. The molecule has 1 aromatic heterocycles. The van der Waals surface area contributed by atoms with Crippen LogP contribution < -0.4 is 5.32 Å². The fraction of sp³-hybridized carbons (Fsp3) is 0.476. The molecule has 0 saturated heterocycles. The molecule has 2 aliphatic rings. The molecule has 2 aromatic rings. The molecule has 1 aromatic carbocycles. The van der Waals surface area contributed by atoms with Crippen molar-refractivity contribution >= 4 is 11.9 Å². The number of esters is 1. The second-order valence-corrected chi connectivity index (χ2v) is 7.49. The normalized spacial score (nSPS) is 16.6. The summed E-state index contributed by atoms with van der Waals surface area (Å²) in [4.78, 5) is 24.7. The highest BCUT2D eigenvalue weighted by atomic mass is 19.1. The average Bonchev–Trinajstić information content (AvgIpc) is 3.30. The van der Waals surface area contributed by atoms with E-state index in [9.17, 15) is 14.0 Å². The molecule has 148 valence electrons. The van der Waals surface area contributed by atoms with E-state index in [0.717, 1.165) is 56.2 Å². The van der Waals surface area contributed by atoms with Gasteiger partial charge in [0.15, 0.2) is 12.3 Å². The standard InChI is InChI=1S/C21H24FN3O3/c22-14-9-11-16(12-10-14)25-18-8-4-7-17(18)20(24-25)21(27)28-13-19(26)23-15-5-2-1-3-6-15/h9-12,15H,1-8,13H2,(H,23,26). The second kappa shape index (κ2) is 8.12. The van der Waals surface area contributed by atoms with E-state index in [1.165, 1.54) is 18.6 Å². The summed E-state index contributed by atoms with van der Waals surface area (Å²) in [5, 5.41) is 7.35. The first kappa shape index (κ1) is 18.7. The number of hydrogen-bond acceptors (Lipinski definition) is 4. The van der Waals surface area contributed by atoms with Crippen LogP contribution in [0.2, 0.25) is 0 Å². The number of hydrogen-bond donors (Lipinski definition) is 1. The molecule has 1 saturated carbocycles. The number of nitrogens with one attached hydrogen (secondary N) is 1. The van der Waals surface area contributed by atoms with Gasteiger partial charge in [0, 0.05) is 17.3 Å². The molecule has 0 aliphatic heterocycles. The van der Waals surface area contributed by atoms with E-state index in [0.29, 0.717) is 5.69 Å². The number of carbonyl (C=O) groups is 2. The van der Waals surface area contributed by atoms with Crippen LogP contribution in [0.15, 0.2) is 24.3 Å². The van der Waals surface area contributed by atoms with Crippen LogP contribution >= 0.6 is 0 Å². The Bertz CT molecular complexity index is 870. The number of aromatic nitrogens is 2. The van der Waals surface area contributed by atoms with Crippen LogP contribution in [0.4, 0.5) is 4.39 Å². The van der Waals surface area contributed by atoms with E-state index in [1.807, 2.05) is 0 Å². The van der Waals surface area contributed by atoms with E-state index in [2.05, 4.69) is 10.4 Å². The highest BCUT2D eigenvalue weighted by Gasteiger charge is 2.28. The molecule has 0 radical (unpaired) electrons. The Hall–Kier alpha value is -2.70. The molecule has 1 N–H and O–H groups in total. The lowest BCUT2D eigenvalue weighted by Crippen LogP contribution is -2.38. The zero-order valence-electron chi connectivity index (χ0n) is 15.7. The first-order valence-electron chi connectivity index (χ1n) is 9.95. The van der Waals surface area contributed by atoms with Gasteiger partial charge in [0.1, 0.15) is 5.82 Å². The minimum Gasteiger partial charge on any atom is -0.451 e. The summed E-state index contributed by atoms with van der Waals surface area (Å²) in [5.74, 6) is -1.18. The van der Waals surface area contributed by atoms with Crippen LogP contribution in [-0.2, 0) is 22.4 Å². The summed E-state index contributed by atoms with van der Waals surface area (Å²) in [7, 11) is 0. The largest absolute Gasteiger partial charge is 0.451 e. The van der Waals surface area contributed by atoms with Gasteiger partial charge < -0.3 is 10.1 Å². The molecule has 0 atom stereocenters. The Morgan fingerprint density at radius 1 is 1.11 bits per heavy atom. The van der Waals surface area contributed by atoms with Crippen LogP contribution in [0.5, 0.6) is 0 Å². The fourth-order valence-corrected chi connectivity index (χ4v) is 4.11.